The third-order valence-corrected chi connectivity index (χ3v) is 13.9. The Kier molecular flexibility index (Phi) is 21.7. The van der Waals surface area contributed by atoms with E-state index in [0.717, 1.165) is 45.6 Å². The zero-order valence-corrected chi connectivity index (χ0v) is 44.3. The highest BCUT2D eigenvalue weighted by atomic mass is 35.5. The lowest BCUT2D eigenvalue weighted by molar-refractivity contribution is -0.133. The number of fused-ring (bicyclic) bond motifs is 1. The molecule has 0 spiro atoms. The van der Waals surface area contributed by atoms with Crippen LogP contribution in [0.15, 0.2) is 108 Å². The van der Waals surface area contributed by atoms with Crippen molar-refractivity contribution in [2.24, 2.45) is 5.92 Å². The number of thiazole rings is 1. The number of aromatic nitrogens is 1. The number of nitrogens with one attached hydrogen (secondary N) is 3. The standard InChI is InChI=1S/C57H66ClN7O9S/c1-39-5-4-6-44(31-39)47-33-48(38-64(37-47)57(69)46(36-59)35-54-60-19-30-75-54)56(68)62-18-21-71-23-25-73-27-29-74-28-26-72-24-22-70-20-17-61-55(67)43-9-7-42(8-10-43)45-11-16-53-51(34-45)52(32-40(2)65(53)41(3)66)63-50-14-12-49(58)13-15-50/h4-16,19,30-31,34-35,40,47-48,52,63H,17-18,20-29,32-33,37-38H2,1-3H3,(H,61,67)(H,62,68)/b46-35+/t40-,47?,48?,52+/m0/s1. The highest BCUT2D eigenvalue weighted by Crippen LogP contribution is 2.41. The maximum absolute atomic E-state index is 13.6. The topological polar surface area (TPSA) is 194 Å². The number of benzene rings is 4. The summed E-state index contributed by atoms with van der Waals surface area (Å²) in [4.78, 5) is 60.2. The first-order chi connectivity index (χ1) is 36.5. The van der Waals surface area contributed by atoms with Gasteiger partial charge in [-0.25, -0.2) is 4.98 Å². The van der Waals surface area contributed by atoms with Crippen molar-refractivity contribution in [3.8, 4) is 17.2 Å². The molecule has 1 aromatic heterocycles. The first-order valence-corrected chi connectivity index (χ1v) is 26.6. The highest BCUT2D eigenvalue weighted by Gasteiger charge is 2.36. The van der Waals surface area contributed by atoms with E-state index in [-0.39, 0.29) is 47.8 Å². The van der Waals surface area contributed by atoms with Crippen molar-refractivity contribution in [1.82, 2.24) is 20.5 Å². The molecule has 0 radical (unpaired) electrons. The third kappa shape index (κ3) is 16.8. The summed E-state index contributed by atoms with van der Waals surface area (Å²) in [7, 11) is 0. The molecule has 0 aliphatic carbocycles. The van der Waals surface area contributed by atoms with E-state index in [9.17, 15) is 24.4 Å². The minimum atomic E-state index is -0.456. The van der Waals surface area contributed by atoms with Crippen molar-refractivity contribution < 1.29 is 42.9 Å². The van der Waals surface area contributed by atoms with Crippen molar-refractivity contribution in [3.05, 3.63) is 140 Å². The maximum Gasteiger partial charge on any atom is 0.264 e. The van der Waals surface area contributed by atoms with Gasteiger partial charge in [0.2, 0.25) is 11.8 Å². The van der Waals surface area contributed by atoms with Crippen LogP contribution in [0, 0.1) is 24.2 Å². The second-order valence-electron chi connectivity index (χ2n) is 18.4. The van der Waals surface area contributed by atoms with Gasteiger partial charge in [-0.1, -0.05) is 59.6 Å². The lowest BCUT2D eigenvalue weighted by atomic mass is 9.83. The van der Waals surface area contributed by atoms with Crippen LogP contribution in [0.4, 0.5) is 11.4 Å². The van der Waals surface area contributed by atoms with E-state index in [1.807, 2.05) is 96.8 Å². The quantitative estimate of drug-likeness (QED) is 0.0273. The second kappa shape index (κ2) is 29.0. The average molecular weight is 1060 g/mol. The number of carbonyl (C=O) groups is 4. The number of hydrogen-bond acceptors (Lipinski definition) is 13. The van der Waals surface area contributed by atoms with Gasteiger partial charge in [0.1, 0.15) is 16.6 Å². The molecular weight excluding hydrogens is 994 g/mol. The summed E-state index contributed by atoms with van der Waals surface area (Å²) in [5.74, 6) is -1.28. The molecule has 2 aliphatic heterocycles. The van der Waals surface area contributed by atoms with Crippen LogP contribution in [0.2, 0.25) is 5.02 Å². The summed E-state index contributed by atoms with van der Waals surface area (Å²) in [6.07, 6.45) is 4.44. The number of ether oxygens (including phenoxy) is 5. The predicted octanol–water partition coefficient (Wildman–Crippen LogP) is 8.24. The first-order valence-electron chi connectivity index (χ1n) is 25.4. The molecule has 4 aromatic carbocycles. The van der Waals surface area contributed by atoms with Crippen LogP contribution < -0.4 is 20.9 Å². The third-order valence-electron chi connectivity index (χ3n) is 12.9. The SMILES string of the molecule is CC(=O)N1c2ccc(-c3ccc(C(=O)NCCOCCOCCOCCOCCOCCNC(=O)C4CC(c5cccc(C)c5)CN(C(=O)/C(C#N)=C/c5nccs5)C4)cc3)cc2[C@H](Nc2ccc(Cl)cc2)C[C@@H]1C. The lowest BCUT2D eigenvalue weighted by Crippen LogP contribution is -2.48. The Bertz CT molecular complexity index is 2740. The summed E-state index contributed by atoms with van der Waals surface area (Å²) >= 11 is 7.47. The van der Waals surface area contributed by atoms with E-state index < -0.39 is 11.8 Å². The molecule has 75 heavy (non-hydrogen) atoms. The van der Waals surface area contributed by atoms with Crippen LogP contribution in [0.5, 0.6) is 0 Å². The van der Waals surface area contributed by atoms with Crippen molar-refractivity contribution in [2.75, 3.05) is 102 Å². The molecule has 0 saturated carbocycles. The number of amides is 4. The van der Waals surface area contributed by atoms with Crippen LogP contribution in [0.3, 0.4) is 0 Å². The van der Waals surface area contributed by atoms with Gasteiger partial charge in [0, 0.05) is 78.6 Å². The molecule has 3 heterocycles. The number of hydrogen-bond donors (Lipinski definition) is 3. The monoisotopic (exact) mass is 1060 g/mol. The van der Waals surface area contributed by atoms with Crippen molar-refractivity contribution in [3.63, 3.8) is 0 Å². The number of nitriles is 1. The second-order valence-corrected chi connectivity index (χ2v) is 19.8. The largest absolute Gasteiger partial charge is 0.378 e. The van der Waals surface area contributed by atoms with E-state index in [1.165, 1.54) is 17.4 Å². The molecule has 3 N–H and O–H groups in total. The number of nitrogens with zero attached hydrogens (tertiary/aromatic N) is 4. The number of likely N-dealkylation sites (tertiary alicyclic amines) is 1. The number of piperidine rings is 1. The Morgan fingerprint density at radius 1 is 0.787 bits per heavy atom. The summed E-state index contributed by atoms with van der Waals surface area (Å²) in [5, 5.41) is 22.3. The molecule has 16 nitrogen and oxygen atoms in total. The van der Waals surface area contributed by atoms with Gasteiger partial charge in [-0.3, -0.25) is 19.2 Å². The smallest absolute Gasteiger partial charge is 0.264 e. The lowest BCUT2D eigenvalue weighted by Gasteiger charge is -2.39. The fourth-order valence-electron chi connectivity index (χ4n) is 9.29. The van der Waals surface area contributed by atoms with Crippen LogP contribution in [0.25, 0.3) is 17.2 Å². The molecule has 396 valence electrons. The van der Waals surface area contributed by atoms with E-state index in [2.05, 4.69) is 40.0 Å². The summed E-state index contributed by atoms with van der Waals surface area (Å²) in [6.45, 7) is 10.7. The molecule has 4 atom stereocenters. The average Bonchev–Trinajstić information content (AvgIpc) is 3.94. The Balaban J connectivity index is 0.702. The van der Waals surface area contributed by atoms with E-state index >= 15 is 0 Å². The molecule has 1 fully saturated rings. The highest BCUT2D eigenvalue weighted by molar-refractivity contribution is 7.10. The van der Waals surface area contributed by atoms with Crippen LogP contribution in [-0.4, -0.2) is 132 Å². The predicted molar refractivity (Wildman–Crippen MR) is 291 cm³/mol. The molecular formula is C57H66ClN7O9S. The van der Waals surface area contributed by atoms with Crippen LogP contribution >= 0.6 is 22.9 Å². The summed E-state index contributed by atoms with van der Waals surface area (Å²) < 4.78 is 28.1. The normalized spacial score (nSPS) is 17.5. The molecule has 2 unspecified atom stereocenters. The van der Waals surface area contributed by atoms with Gasteiger partial charge < -0.3 is 49.4 Å². The van der Waals surface area contributed by atoms with Gasteiger partial charge in [0.15, 0.2) is 0 Å². The summed E-state index contributed by atoms with van der Waals surface area (Å²) in [6, 6.07) is 31.4. The van der Waals surface area contributed by atoms with Crippen molar-refractivity contribution in [1.29, 1.82) is 5.26 Å². The Morgan fingerprint density at radius 3 is 2.04 bits per heavy atom. The van der Waals surface area contributed by atoms with Crippen LogP contribution in [0.1, 0.15) is 70.7 Å². The zero-order valence-electron chi connectivity index (χ0n) is 42.8. The number of anilines is 2. The molecule has 4 amide bonds. The minimum absolute atomic E-state index is 0.00156. The van der Waals surface area contributed by atoms with Crippen LogP contribution in [-0.2, 0) is 38.1 Å². The van der Waals surface area contributed by atoms with E-state index in [0.29, 0.717) is 108 Å². The van der Waals surface area contributed by atoms with Crippen molar-refractivity contribution in [2.45, 2.75) is 51.6 Å². The summed E-state index contributed by atoms with van der Waals surface area (Å²) in [5.41, 5.74) is 7.48. The molecule has 2 aliphatic rings. The van der Waals surface area contributed by atoms with Gasteiger partial charge in [-0.05, 0) is 104 Å². The minimum Gasteiger partial charge on any atom is -0.378 e. The molecule has 0 bridgehead atoms. The van der Waals surface area contributed by atoms with E-state index in [4.69, 9.17) is 35.3 Å². The molecule has 18 heteroatoms. The van der Waals surface area contributed by atoms with E-state index in [1.54, 1.807) is 23.4 Å². The molecule has 5 aromatic rings. The Morgan fingerprint density at radius 2 is 1.43 bits per heavy atom. The Labute approximate surface area is 448 Å². The van der Waals surface area contributed by atoms with Gasteiger partial charge >= 0.3 is 0 Å². The van der Waals surface area contributed by atoms with Gasteiger partial charge in [0.05, 0.1) is 78.0 Å². The van der Waals surface area contributed by atoms with Gasteiger partial charge in [-0.2, -0.15) is 5.26 Å². The number of rotatable bonds is 26. The van der Waals surface area contributed by atoms with Gasteiger partial charge in [0.25, 0.3) is 11.8 Å². The number of aryl methyl sites for hydroxylation is 1. The zero-order chi connectivity index (χ0) is 52.9. The molecule has 1 saturated heterocycles. The fraction of sp³-hybridized carbons (Fsp3) is 0.404. The van der Waals surface area contributed by atoms with Gasteiger partial charge in [-0.15, -0.1) is 11.3 Å². The van der Waals surface area contributed by atoms with Crippen molar-refractivity contribution >= 4 is 64.0 Å². The maximum atomic E-state index is 13.6. The number of carbonyl (C=O) groups excluding carboxylic acids is 4. The first kappa shape index (κ1) is 56.2. The number of halogens is 1. The Hall–Kier alpha value is -6.49. The molecule has 7 rings (SSSR count). The fourth-order valence-corrected chi connectivity index (χ4v) is 9.99.